The highest BCUT2D eigenvalue weighted by atomic mass is 32.1. The molecular weight excluding hydrogens is 432 g/mol. The zero-order valence-electron chi connectivity index (χ0n) is 18.4. The third-order valence-corrected chi connectivity index (χ3v) is 7.67. The van der Waals surface area contributed by atoms with Gasteiger partial charge in [0.15, 0.2) is 0 Å². The summed E-state index contributed by atoms with van der Waals surface area (Å²) >= 11 is 1.77. The van der Waals surface area contributed by atoms with Gasteiger partial charge in [0.25, 0.3) is 0 Å². The minimum atomic E-state index is 0.928. The Balaban J connectivity index is 1.20. The average molecular weight is 453 g/mol. The lowest BCUT2D eigenvalue weighted by molar-refractivity contribution is 0.633. The lowest BCUT2D eigenvalue weighted by Crippen LogP contribution is -1.82. The SMILES string of the molecule is c1ccc2oc(-c3ccc(-c4ccc(-c5ccc6c(ccc7ccccc76)c5)cc4)s3)cc2c1. The van der Waals surface area contributed by atoms with Crippen molar-refractivity contribution in [2.75, 3.05) is 0 Å². The fraction of sp³-hybridized carbons (Fsp3) is 0. The molecule has 5 aromatic carbocycles. The molecule has 0 saturated carbocycles. The van der Waals surface area contributed by atoms with Crippen LogP contribution in [0.4, 0.5) is 0 Å². The Hall–Kier alpha value is -4.14. The first-order chi connectivity index (χ1) is 16.8. The Labute approximate surface area is 201 Å². The Kier molecular flexibility index (Phi) is 4.39. The number of hydrogen-bond acceptors (Lipinski definition) is 2. The molecule has 2 heteroatoms. The van der Waals surface area contributed by atoms with E-state index in [2.05, 4.69) is 103 Å². The zero-order chi connectivity index (χ0) is 22.5. The summed E-state index contributed by atoms with van der Waals surface area (Å²) in [6, 6.07) is 43.3. The summed E-state index contributed by atoms with van der Waals surface area (Å²) in [5, 5.41) is 6.30. The van der Waals surface area contributed by atoms with Crippen LogP contribution in [0, 0.1) is 0 Å². The van der Waals surface area contributed by atoms with Crippen molar-refractivity contribution in [3.8, 4) is 32.2 Å². The van der Waals surface area contributed by atoms with Crippen LogP contribution in [-0.2, 0) is 0 Å². The smallest absolute Gasteiger partial charge is 0.145 e. The minimum absolute atomic E-state index is 0.928. The summed E-state index contributed by atoms with van der Waals surface area (Å²) in [6.07, 6.45) is 0. The van der Waals surface area contributed by atoms with Crippen molar-refractivity contribution >= 4 is 43.9 Å². The molecule has 34 heavy (non-hydrogen) atoms. The van der Waals surface area contributed by atoms with Crippen LogP contribution in [0.2, 0.25) is 0 Å². The third-order valence-electron chi connectivity index (χ3n) is 6.52. The number of rotatable bonds is 3. The maximum atomic E-state index is 6.05. The predicted molar refractivity (Wildman–Crippen MR) is 145 cm³/mol. The van der Waals surface area contributed by atoms with E-state index in [0.29, 0.717) is 0 Å². The van der Waals surface area contributed by atoms with E-state index in [1.54, 1.807) is 11.3 Å². The molecule has 0 spiro atoms. The van der Waals surface area contributed by atoms with Crippen LogP contribution in [0.5, 0.6) is 0 Å². The summed E-state index contributed by atoms with van der Waals surface area (Å²) in [7, 11) is 0. The van der Waals surface area contributed by atoms with Crippen molar-refractivity contribution in [3.05, 3.63) is 121 Å². The normalized spacial score (nSPS) is 11.5. The monoisotopic (exact) mass is 452 g/mol. The number of para-hydroxylation sites is 1. The first-order valence-corrected chi connectivity index (χ1v) is 12.2. The quantitative estimate of drug-likeness (QED) is 0.243. The molecule has 0 aliphatic heterocycles. The summed E-state index contributed by atoms with van der Waals surface area (Å²) in [5.74, 6) is 0.928. The van der Waals surface area contributed by atoms with Gasteiger partial charge in [-0.2, -0.15) is 0 Å². The van der Waals surface area contributed by atoms with Gasteiger partial charge in [0.2, 0.25) is 0 Å². The van der Waals surface area contributed by atoms with Gasteiger partial charge in [-0.15, -0.1) is 11.3 Å². The average Bonchev–Trinajstić information content (AvgIpc) is 3.56. The van der Waals surface area contributed by atoms with Gasteiger partial charge in [0, 0.05) is 10.3 Å². The predicted octanol–water partition coefficient (Wildman–Crippen LogP) is 9.80. The lowest BCUT2D eigenvalue weighted by Gasteiger charge is -2.08. The molecule has 2 heterocycles. The van der Waals surface area contributed by atoms with Crippen LogP contribution in [0.15, 0.2) is 126 Å². The molecule has 0 fully saturated rings. The minimum Gasteiger partial charge on any atom is -0.455 e. The lowest BCUT2D eigenvalue weighted by atomic mass is 9.97. The van der Waals surface area contributed by atoms with Crippen molar-refractivity contribution in [2.24, 2.45) is 0 Å². The van der Waals surface area contributed by atoms with E-state index in [1.807, 2.05) is 18.2 Å². The highest BCUT2D eigenvalue weighted by Gasteiger charge is 2.10. The standard InChI is InChI=1S/C32H20OS/c1-3-7-27-22(5-1)11-14-25-19-24(15-16-28(25)27)21-9-12-23(13-10-21)31-17-18-32(34-31)30-20-26-6-2-4-8-29(26)33-30/h1-20H. The highest BCUT2D eigenvalue weighted by Crippen LogP contribution is 2.38. The van der Waals surface area contributed by atoms with Crippen LogP contribution in [0.25, 0.3) is 64.7 Å². The summed E-state index contributed by atoms with van der Waals surface area (Å²) < 4.78 is 6.05. The zero-order valence-corrected chi connectivity index (χ0v) is 19.2. The fourth-order valence-electron chi connectivity index (χ4n) is 4.75. The number of fused-ring (bicyclic) bond motifs is 4. The molecular formula is C32H20OS. The van der Waals surface area contributed by atoms with Gasteiger partial charge in [-0.25, -0.2) is 0 Å². The highest BCUT2D eigenvalue weighted by molar-refractivity contribution is 7.18. The van der Waals surface area contributed by atoms with Crippen molar-refractivity contribution in [3.63, 3.8) is 0 Å². The summed E-state index contributed by atoms with van der Waals surface area (Å²) in [4.78, 5) is 2.39. The molecule has 7 rings (SSSR count). The van der Waals surface area contributed by atoms with Crippen molar-refractivity contribution in [1.82, 2.24) is 0 Å². The maximum absolute atomic E-state index is 6.05. The van der Waals surface area contributed by atoms with E-state index in [0.717, 1.165) is 21.6 Å². The second-order valence-electron chi connectivity index (χ2n) is 8.61. The molecule has 0 radical (unpaired) electrons. The van der Waals surface area contributed by atoms with Gasteiger partial charge in [0.05, 0.1) is 4.88 Å². The topological polar surface area (TPSA) is 13.1 Å². The van der Waals surface area contributed by atoms with Crippen molar-refractivity contribution in [1.29, 1.82) is 0 Å². The van der Waals surface area contributed by atoms with Gasteiger partial charge in [-0.3, -0.25) is 0 Å². The summed E-state index contributed by atoms with van der Waals surface area (Å²) in [5.41, 5.74) is 4.62. The number of benzene rings is 5. The van der Waals surface area contributed by atoms with Gasteiger partial charge >= 0.3 is 0 Å². The van der Waals surface area contributed by atoms with Crippen LogP contribution < -0.4 is 0 Å². The molecule has 0 amide bonds. The first-order valence-electron chi connectivity index (χ1n) is 11.4. The van der Waals surface area contributed by atoms with Crippen LogP contribution >= 0.6 is 11.3 Å². The van der Waals surface area contributed by atoms with E-state index in [4.69, 9.17) is 4.42 Å². The van der Waals surface area contributed by atoms with Gasteiger partial charge in [-0.05, 0) is 68.6 Å². The molecule has 0 N–H and O–H groups in total. The van der Waals surface area contributed by atoms with Gasteiger partial charge in [0.1, 0.15) is 11.3 Å². The molecule has 0 aliphatic rings. The molecule has 2 aromatic heterocycles. The van der Waals surface area contributed by atoms with Crippen LogP contribution in [0.1, 0.15) is 0 Å². The van der Waals surface area contributed by atoms with E-state index < -0.39 is 0 Å². The van der Waals surface area contributed by atoms with Gasteiger partial charge < -0.3 is 4.42 Å². The van der Waals surface area contributed by atoms with E-state index in [1.165, 1.54) is 43.1 Å². The molecule has 0 bridgehead atoms. The molecule has 7 aromatic rings. The Morgan fingerprint density at radius 3 is 2.00 bits per heavy atom. The Bertz CT molecular complexity index is 1770. The molecule has 0 saturated heterocycles. The van der Waals surface area contributed by atoms with Gasteiger partial charge in [-0.1, -0.05) is 91.0 Å². The molecule has 0 atom stereocenters. The van der Waals surface area contributed by atoms with Crippen molar-refractivity contribution < 1.29 is 4.42 Å². The fourth-order valence-corrected chi connectivity index (χ4v) is 5.71. The second kappa shape index (κ2) is 7.72. The maximum Gasteiger partial charge on any atom is 0.145 e. The molecule has 0 aliphatic carbocycles. The van der Waals surface area contributed by atoms with E-state index in [-0.39, 0.29) is 0 Å². The number of furan rings is 1. The van der Waals surface area contributed by atoms with Crippen LogP contribution in [0.3, 0.4) is 0 Å². The van der Waals surface area contributed by atoms with Crippen molar-refractivity contribution in [2.45, 2.75) is 0 Å². The first kappa shape index (κ1) is 19.3. The summed E-state index contributed by atoms with van der Waals surface area (Å²) in [6.45, 7) is 0. The second-order valence-corrected chi connectivity index (χ2v) is 9.70. The number of hydrogen-bond donors (Lipinski definition) is 0. The number of thiophene rings is 1. The molecule has 1 nitrogen and oxygen atoms in total. The van der Waals surface area contributed by atoms with E-state index in [9.17, 15) is 0 Å². The van der Waals surface area contributed by atoms with Crippen LogP contribution in [-0.4, -0.2) is 0 Å². The molecule has 160 valence electrons. The Morgan fingerprint density at radius 2 is 1.12 bits per heavy atom. The van der Waals surface area contributed by atoms with E-state index >= 15 is 0 Å². The Morgan fingerprint density at radius 1 is 0.441 bits per heavy atom. The molecule has 0 unspecified atom stereocenters. The largest absolute Gasteiger partial charge is 0.455 e. The third kappa shape index (κ3) is 3.23.